The molecule has 0 atom stereocenters. The molecule has 1 heterocycles. The summed E-state index contributed by atoms with van der Waals surface area (Å²) in [5.74, 6) is 0.428. The Morgan fingerprint density at radius 1 is 1.08 bits per heavy atom. The van der Waals surface area contributed by atoms with E-state index in [1.165, 1.54) is 38.0 Å². The van der Waals surface area contributed by atoms with Crippen LogP contribution in [0.15, 0.2) is 39.9 Å². The Kier molecular flexibility index (Phi) is 6.00. The molecule has 0 N–H and O–H groups in total. The summed E-state index contributed by atoms with van der Waals surface area (Å²) in [5, 5.41) is 0. The van der Waals surface area contributed by atoms with E-state index in [9.17, 15) is 14.4 Å². The molecule has 2 aromatic rings. The van der Waals surface area contributed by atoms with E-state index >= 15 is 0 Å². The predicted octanol–water partition coefficient (Wildman–Crippen LogP) is 0.858. The Balaban J connectivity index is 2.23. The van der Waals surface area contributed by atoms with Gasteiger partial charge in [0.05, 0.1) is 19.9 Å². The minimum absolute atomic E-state index is 0.0233. The third-order valence-corrected chi connectivity index (χ3v) is 3.80. The van der Waals surface area contributed by atoms with Crippen molar-refractivity contribution >= 4 is 12.0 Å². The monoisotopic (exact) mass is 360 g/mol. The third-order valence-electron chi connectivity index (χ3n) is 3.80. The van der Waals surface area contributed by atoms with Gasteiger partial charge in [-0.1, -0.05) is 6.07 Å². The van der Waals surface area contributed by atoms with Gasteiger partial charge in [-0.2, -0.15) is 0 Å². The zero-order chi connectivity index (χ0) is 19.3. The Morgan fingerprint density at radius 2 is 1.81 bits per heavy atom. The summed E-state index contributed by atoms with van der Waals surface area (Å²) in [6.07, 6.45) is 2.88. The number of hydrogen-bond acceptors (Lipinski definition) is 6. The maximum atomic E-state index is 11.9. The van der Waals surface area contributed by atoms with Crippen molar-refractivity contribution in [1.29, 1.82) is 0 Å². The van der Waals surface area contributed by atoms with Crippen molar-refractivity contribution < 1.29 is 19.0 Å². The van der Waals surface area contributed by atoms with Crippen molar-refractivity contribution in [1.82, 2.24) is 9.13 Å². The average Bonchev–Trinajstić information content (AvgIpc) is 2.66. The Hall–Kier alpha value is -3.29. The van der Waals surface area contributed by atoms with Crippen molar-refractivity contribution in [2.24, 2.45) is 14.1 Å². The molecule has 1 aromatic carbocycles. The van der Waals surface area contributed by atoms with Gasteiger partial charge in [0.25, 0.3) is 5.56 Å². The number of hydrogen-bond donors (Lipinski definition) is 0. The van der Waals surface area contributed by atoms with Crippen LogP contribution in [0.5, 0.6) is 11.5 Å². The van der Waals surface area contributed by atoms with E-state index in [4.69, 9.17) is 9.47 Å². The molecule has 8 heteroatoms. The van der Waals surface area contributed by atoms with Crippen LogP contribution in [0.2, 0.25) is 0 Å². The first-order valence-electron chi connectivity index (χ1n) is 7.70. The van der Waals surface area contributed by atoms with E-state index in [2.05, 4.69) is 4.74 Å². The molecule has 0 unspecified atom stereocenters. The molecule has 0 aliphatic carbocycles. The molecular weight excluding hydrogens is 340 g/mol. The second-order valence-corrected chi connectivity index (χ2v) is 5.43. The summed E-state index contributed by atoms with van der Waals surface area (Å²) in [6.45, 7) is 0.0233. The minimum Gasteiger partial charge on any atom is -0.493 e. The summed E-state index contributed by atoms with van der Waals surface area (Å²) in [4.78, 5) is 34.9. The molecule has 0 aliphatic rings. The van der Waals surface area contributed by atoms with Gasteiger partial charge in [0, 0.05) is 26.2 Å². The van der Waals surface area contributed by atoms with Crippen LogP contribution in [-0.4, -0.2) is 29.3 Å². The molecule has 0 amide bonds. The molecule has 0 aliphatic heterocycles. The largest absolute Gasteiger partial charge is 0.493 e. The summed E-state index contributed by atoms with van der Waals surface area (Å²) in [5.41, 5.74) is 0.337. The van der Waals surface area contributed by atoms with Crippen molar-refractivity contribution in [3.63, 3.8) is 0 Å². The van der Waals surface area contributed by atoms with Crippen LogP contribution in [0, 0.1) is 0 Å². The maximum absolute atomic E-state index is 11.9. The fourth-order valence-corrected chi connectivity index (χ4v) is 2.21. The lowest BCUT2D eigenvalue weighted by molar-refractivity contribution is -0.134. The highest BCUT2D eigenvalue weighted by molar-refractivity contribution is 5.87. The number of esters is 1. The van der Waals surface area contributed by atoms with Gasteiger partial charge < -0.3 is 14.2 Å². The molecule has 0 saturated carbocycles. The number of nitrogens with zero attached hydrogens (tertiary/aromatic N) is 2. The van der Waals surface area contributed by atoms with Crippen LogP contribution < -0.4 is 20.7 Å². The zero-order valence-corrected chi connectivity index (χ0v) is 15.0. The summed E-state index contributed by atoms with van der Waals surface area (Å²) >= 11 is 0. The fourth-order valence-electron chi connectivity index (χ4n) is 2.21. The fraction of sp³-hybridized carbons (Fsp3) is 0.278. The lowest BCUT2D eigenvalue weighted by atomic mass is 10.2. The number of aromatic nitrogens is 2. The van der Waals surface area contributed by atoms with Gasteiger partial charge in [0.15, 0.2) is 11.5 Å². The molecule has 0 fully saturated rings. The van der Waals surface area contributed by atoms with Crippen LogP contribution in [-0.2, 0) is 30.2 Å². The van der Waals surface area contributed by atoms with Crippen LogP contribution in [0.3, 0.4) is 0 Å². The second-order valence-electron chi connectivity index (χ2n) is 5.43. The Bertz CT molecular complexity index is 955. The number of ether oxygens (including phenoxy) is 3. The highest BCUT2D eigenvalue weighted by Crippen LogP contribution is 2.29. The molecule has 26 heavy (non-hydrogen) atoms. The van der Waals surface area contributed by atoms with E-state index in [1.54, 1.807) is 31.3 Å². The highest BCUT2D eigenvalue weighted by Gasteiger charge is 2.09. The molecule has 0 spiro atoms. The van der Waals surface area contributed by atoms with Crippen molar-refractivity contribution in [2.75, 3.05) is 14.2 Å². The molecule has 0 bridgehead atoms. The third kappa shape index (κ3) is 4.21. The molecule has 0 saturated heterocycles. The summed E-state index contributed by atoms with van der Waals surface area (Å²) in [7, 11) is 5.77. The summed E-state index contributed by atoms with van der Waals surface area (Å²) in [6, 6.07) is 6.45. The predicted molar refractivity (Wildman–Crippen MR) is 95.3 cm³/mol. The molecule has 138 valence electrons. The SMILES string of the molecule is COC(=O)/C=C/c1ccc(OCc2cc(=O)n(C)c(=O)n2C)c(OC)c1. The smallest absolute Gasteiger partial charge is 0.330 e. The first kappa shape index (κ1) is 19.0. The van der Waals surface area contributed by atoms with Gasteiger partial charge in [0.2, 0.25) is 0 Å². The number of carbonyl (C=O) groups is 1. The first-order chi connectivity index (χ1) is 12.4. The molecule has 2 rings (SSSR count). The van der Waals surface area contributed by atoms with Gasteiger partial charge in [-0.05, 0) is 23.8 Å². The van der Waals surface area contributed by atoms with Crippen LogP contribution >= 0.6 is 0 Å². The van der Waals surface area contributed by atoms with Crippen molar-refractivity contribution in [3.8, 4) is 11.5 Å². The molecule has 8 nitrogen and oxygen atoms in total. The quantitative estimate of drug-likeness (QED) is 0.561. The van der Waals surface area contributed by atoms with Crippen LogP contribution in [0.4, 0.5) is 0 Å². The van der Waals surface area contributed by atoms with Gasteiger partial charge >= 0.3 is 11.7 Å². The van der Waals surface area contributed by atoms with E-state index < -0.39 is 17.2 Å². The topological polar surface area (TPSA) is 88.8 Å². The molecular formula is C18H20N2O6. The van der Waals surface area contributed by atoms with Crippen molar-refractivity contribution in [3.05, 3.63) is 62.4 Å². The standard InChI is InChI=1S/C18H20N2O6/c1-19-13(10-16(21)20(2)18(19)23)11-26-14-7-5-12(9-15(14)24-3)6-8-17(22)25-4/h5-10H,11H2,1-4H3/b8-6+. The zero-order valence-electron chi connectivity index (χ0n) is 15.0. The number of rotatable bonds is 6. The van der Waals surface area contributed by atoms with E-state index in [0.29, 0.717) is 17.2 Å². The first-order valence-corrected chi connectivity index (χ1v) is 7.70. The molecule has 1 aromatic heterocycles. The Labute approximate surface area is 149 Å². The second kappa shape index (κ2) is 8.19. The van der Waals surface area contributed by atoms with Crippen LogP contribution in [0.1, 0.15) is 11.3 Å². The van der Waals surface area contributed by atoms with Gasteiger partial charge in [0.1, 0.15) is 6.61 Å². The average molecular weight is 360 g/mol. The lowest BCUT2D eigenvalue weighted by Crippen LogP contribution is -2.38. The van der Waals surface area contributed by atoms with Gasteiger partial charge in [-0.3, -0.25) is 13.9 Å². The van der Waals surface area contributed by atoms with E-state index in [1.807, 2.05) is 0 Å². The normalized spacial score (nSPS) is 10.8. The number of benzene rings is 1. The number of carbonyl (C=O) groups excluding carboxylic acids is 1. The van der Waals surface area contributed by atoms with Gasteiger partial charge in [-0.25, -0.2) is 9.59 Å². The van der Waals surface area contributed by atoms with Gasteiger partial charge in [-0.15, -0.1) is 0 Å². The highest BCUT2D eigenvalue weighted by atomic mass is 16.5. The van der Waals surface area contributed by atoms with E-state index in [-0.39, 0.29) is 6.61 Å². The lowest BCUT2D eigenvalue weighted by Gasteiger charge is -2.13. The number of methoxy groups -OCH3 is 2. The minimum atomic E-state index is -0.462. The van der Waals surface area contributed by atoms with Crippen LogP contribution in [0.25, 0.3) is 6.08 Å². The van der Waals surface area contributed by atoms with Crippen molar-refractivity contribution in [2.45, 2.75) is 6.61 Å². The molecule has 0 radical (unpaired) electrons. The van der Waals surface area contributed by atoms with E-state index in [0.717, 1.165) is 10.1 Å². The summed E-state index contributed by atoms with van der Waals surface area (Å²) < 4.78 is 17.9. The maximum Gasteiger partial charge on any atom is 0.330 e. The Morgan fingerprint density at radius 3 is 2.46 bits per heavy atom.